The van der Waals surface area contributed by atoms with Crippen LogP contribution in [0, 0.1) is 0 Å². The molecule has 4 N–H and O–H groups in total. The number of esters is 2. The van der Waals surface area contributed by atoms with Crippen molar-refractivity contribution in [1.29, 1.82) is 0 Å². The van der Waals surface area contributed by atoms with Gasteiger partial charge in [0.15, 0.2) is 12.4 Å². The Bertz CT molecular complexity index is 1450. The molecule has 1 fully saturated rings. The van der Waals surface area contributed by atoms with E-state index in [1.54, 1.807) is 0 Å². The van der Waals surface area contributed by atoms with Gasteiger partial charge in [-0.2, -0.15) is 8.42 Å². The molecule has 6 unspecified atom stereocenters. The van der Waals surface area contributed by atoms with Crippen LogP contribution >= 0.6 is 0 Å². The van der Waals surface area contributed by atoms with E-state index in [-0.39, 0.29) is 19.4 Å². The molecule has 0 aromatic carbocycles. The van der Waals surface area contributed by atoms with E-state index >= 15 is 0 Å². The third kappa shape index (κ3) is 39.9. The Labute approximate surface area is 420 Å². The third-order valence-electron chi connectivity index (χ3n) is 12.7. The Morgan fingerprint density at radius 3 is 1.36 bits per heavy atom. The van der Waals surface area contributed by atoms with Crippen molar-refractivity contribution in [2.24, 2.45) is 0 Å². The number of unbranched alkanes of at least 4 members (excludes halogenated alkanes) is 27. The van der Waals surface area contributed by atoms with E-state index < -0.39 is 71.2 Å². The number of carbonyl (C=O) groups is 2. The van der Waals surface area contributed by atoms with Crippen molar-refractivity contribution in [3.63, 3.8) is 0 Å². The highest BCUT2D eigenvalue weighted by atomic mass is 32.2. The first-order chi connectivity index (χ1) is 33.5. The summed E-state index contributed by atoms with van der Waals surface area (Å²) in [5, 5.41) is 31.0. The molecule has 0 amide bonds. The normalized spacial score (nSPS) is 19.4. The molecule has 0 aromatic rings. The summed E-state index contributed by atoms with van der Waals surface area (Å²) in [6, 6.07) is 0. The third-order valence-corrected chi connectivity index (χ3v) is 13.4. The fraction of sp³-hybridized carbons (Fsp3) is 0.821. The van der Waals surface area contributed by atoms with Crippen LogP contribution in [0.2, 0.25) is 0 Å². The molecule has 1 aliphatic heterocycles. The number of ether oxygens (including phenoxy) is 4. The van der Waals surface area contributed by atoms with Crippen LogP contribution in [-0.4, -0.2) is 96.0 Å². The molecule has 1 rings (SSSR count). The molecule has 0 radical (unpaired) electrons. The predicted octanol–water partition coefficient (Wildman–Crippen LogP) is 13.1. The predicted molar refractivity (Wildman–Crippen MR) is 279 cm³/mol. The summed E-state index contributed by atoms with van der Waals surface area (Å²) in [4.78, 5) is 25.6. The molecule has 1 heterocycles. The fourth-order valence-corrected chi connectivity index (χ4v) is 9.13. The molecule has 0 spiro atoms. The van der Waals surface area contributed by atoms with Gasteiger partial charge in [0.2, 0.25) is 0 Å². The van der Waals surface area contributed by atoms with Crippen molar-refractivity contribution in [2.75, 3.05) is 19.0 Å². The lowest BCUT2D eigenvalue weighted by Crippen LogP contribution is -2.60. The van der Waals surface area contributed by atoms with E-state index in [4.69, 9.17) is 18.9 Å². The molecule has 69 heavy (non-hydrogen) atoms. The van der Waals surface area contributed by atoms with E-state index in [0.717, 1.165) is 70.6 Å². The van der Waals surface area contributed by atoms with Crippen LogP contribution in [0.1, 0.15) is 239 Å². The average Bonchev–Trinajstić information content (AvgIpc) is 3.32. The first kappa shape index (κ1) is 64.6. The van der Waals surface area contributed by atoms with E-state index in [0.29, 0.717) is 12.8 Å². The summed E-state index contributed by atoms with van der Waals surface area (Å²) >= 11 is 0. The van der Waals surface area contributed by atoms with Gasteiger partial charge in [-0.05, 0) is 51.4 Å². The van der Waals surface area contributed by atoms with Gasteiger partial charge in [0.1, 0.15) is 36.8 Å². The maximum absolute atomic E-state index is 12.9. The van der Waals surface area contributed by atoms with Crippen molar-refractivity contribution in [3.05, 3.63) is 48.6 Å². The minimum Gasteiger partial charge on any atom is -0.462 e. The van der Waals surface area contributed by atoms with Gasteiger partial charge in [-0.3, -0.25) is 14.1 Å². The summed E-state index contributed by atoms with van der Waals surface area (Å²) in [6.45, 7) is 3.67. The monoisotopic (exact) mass is 997 g/mol. The molecule has 0 bridgehead atoms. The quantitative estimate of drug-likeness (QED) is 0.0196. The summed E-state index contributed by atoms with van der Waals surface area (Å²) in [6.07, 6.45) is 47.3. The van der Waals surface area contributed by atoms with E-state index in [1.807, 2.05) is 0 Å². The summed E-state index contributed by atoms with van der Waals surface area (Å²) in [5.74, 6) is -2.01. The highest BCUT2D eigenvalue weighted by molar-refractivity contribution is 7.85. The molecule has 1 saturated heterocycles. The van der Waals surface area contributed by atoms with Crippen molar-refractivity contribution < 1.29 is 56.8 Å². The molecule has 1 aliphatic rings. The lowest BCUT2D eigenvalue weighted by Gasteiger charge is -2.40. The van der Waals surface area contributed by atoms with Gasteiger partial charge in [0.25, 0.3) is 10.1 Å². The van der Waals surface area contributed by atoms with Crippen LogP contribution in [-0.2, 0) is 38.7 Å². The van der Waals surface area contributed by atoms with Crippen LogP contribution in [0.15, 0.2) is 48.6 Å². The minimum absolute atomic E-state index is 0.137. The molecule has 0 saturated carbocycles. The highest BCUT2D eigenvalue weighted by Gasteiger charge is 2.46. The van der Waals surface area contributed by atoms with E-state index in [2.05, 4.69) is 62.5 Å². The Balaban J connectivity index is 2.31. The smallest absolute Gasteiger partial charge is 0.306 e. The Morgan fingerprint density at radius 2 is 0.913 bits per heavy atom. The molecule has 6 atom stereocenters. The van der Waals surface area contributed by atoms with Crippen molar-refractivity contribution in [2.45, 2.75) is 275 Å². The number of allylic oxidation sites excluding steroid dienone is 8. The SMILES string of the molecule is CC/C=C\C/C=C\C/C=C\C/C=C\CCCCCCC(=O)OC(COC(=O)CCCCCCCCCCCCCCCCCCCCCCCCCC)COC1OC(CS(=O)(=O)O)C(O)C(O)C1O. The largest absolute Gasteiger partial charge is 0.462 e. The minimum atomic E-state index is -4.61. The van der Waals surface area contributed by atoms with E-state index in [9.17, 15) is 37.9 Å². The first-order valence-electron chi connectivity index (χ1n) is 27.7. The number of hydrogen-bond acceptors (Lipinski definition) is 11. The van der Waals surface area contributed by atoms with Crippen molar-refractivity contribution >= 4 is 22.1 Å². The van der Waals surface area contributed by atoms with Crippen LogP contribution in [0.5, 0.6) is 0 Å². The van der Waals surface area contributed by atoms with Gasteiger partial charge in [0.05, 0.1) is 6.61 Å². The summed E-state index contributed by atoms with van der Waals surface area (Å²) in [5.41, 5.74) is 0. The van der Waals surface area contributed by atoms with Gasteiger partial charge in [-0.25, -0.2) is 0 Å². The van der Waals surface area contributed by atoms with Gasteiger partial charge < -0.3 is 34.3 Å². The first-order valence-corrected chi connectivity index (χ1v) is 29.3. The Hall–Kier alpha value is -2.39. The zero-order valence-corrected chi connectivity index (χ0v) is 44.2. The number of hydrogen-bond donors (Lipinski definition) is 4. The Kier molecular flexibility index (Phi) is 42.6. The zero-order chi connectivity index (χ0) is 50.5. The second kappa shape index (κ2) is 45.5. The molecule has 0 aliphatic carbocycles. The van der Waals surface area contributed by atoms with E-state index in [1.165, 1.54) is 128 Å². The molecule has 13 heteroatoms. The second-order valence-electron chi connectivity index (χ2n) is 19.2. The van der Waals surface area contributed by atoms with Gasteiger partial charge in [-0.1, -0.05) is 223 Å². The number of aliphatic hydroxyl groups is 3. The summed E-state index contributed by atoms with van der Waals surface area (Å²) < 4.78 is 54.3. The fourth-order valence-electron chi connectivity index (χ4n) is 8.44. The van der Waals surface area contributed by atoms with Crippen molar-refractivity contribution in [1.82, 2.24) is 0 Å². The van der Waals surface area contributed by atoms with Crippen molar-refractivity contribution in [3.8, 4) is 0 Å². The summed E-state index contributed by atoms with van der Waals surface area (Å²) in [7, 11) is -4.61. The molecule has 0 aromatic heterocycles. The van der Waals surface area contributed by atoms with Gasteiger partial charge >= 0.3 is 11.9 Å². The molecular formula is C56H100O12S. The average molecular weight is 997 g/mol. The van der Waals surface area contributed by atoms with Crippen LogP contribution in [0.3, 0.4) is 0 Å². The van der Waals surface area contributed by atoms with Crippen LogP contribution in [0.4, 0.5) is 0 Å². The standard InChI is InChI=1S/C56H100O12S/c1-3-5-7-9-11-13-15-17-19-21-22-23-24-25-26-27-29-30-32-34-36-38-40-42-44-51(57)65-46-49(47-66-56-55(61)54(60)53(59)50(68-56)48-69(62,63)64)67-52(58)45-43-41-39-37-35-33-31-28-20-18-16-14-12-10-8-6-4-2/h6,8,12,14,18,20,31,33,49-50,53-56,59-61H,3-5,7,9-11,13,15-17,19,21-30,32,34-48H2,1-2H3,(H,62,63,64)/b8-6-,14-12-,20-18-,33-31-. The van der Waals surface area contributed by atoms with Gasteiger partial charge in [0, 0.05) is 12.8 Å². The number of aliphatic hydroxyl groups excluding tert-OH is 3. The highest BCUT2D eigenvalue weighted by Crippen LogP contribution is 2.24. The topological polar surface area (TPSA) is 186 Å². The molecular weight excluding hydrogens is 897 g/mol. The number of rotatable bonds is 47. The van der Waals surface area contributed by atoms with Crippen LogP contribution in [0.25, 0.3) is 0 Å². The van der Waals surface area contributed by atoms with Crippen LogP contribution < -0.4 is 0 Å². The maximum Gasteiger partial charge on any atom is 0.306 e. The molecule has 12 nitrogen and oxygen atoms in total. The zero-order valence-electron chi connectivity index (χ0n) is 43.4. The lowest BCUT2D eigenvalue weighted by molar-refractivity contribution is -0.297. The Morgan fingerprint density at radius 1 is 0.507 bits per heavy atom. The number of carbonyl (C=O) groups excluding carboxylic acids is 2. The second-order valence-corrected chi connectivity index (χ2v) is 20.7. The van der Waals surface area contributed by atoms with Gasteiger partial charge in [-0.15, -0.1) is 0 Å². The molecule has 402 valence electrons. The maximum atomic E-state index is 12.9. The lowest BCUT2D eigenvalue weighted by atomic mass is 10.00.